The van der Waals surface area contributed by atoms with Crippen molar-refractivity contribution in [3.05, 3.63) is 27.2 Å². The first-order valence-corrected chi connectivity index (χ1v) is 6.58. The van der Waals surface area contributed by atoms with E-state index in [9.17, 15) is 24.0 Å². The van der Waals surface area contributed by atoms with Crippen molar-refractivity contribution in [3.8, 4) is 0 Å². The van der Waals surface area contributed by atoms with Crippen LogP contribution >= 0.6 is 0 Å². The normalized spacial score (nSPS) is 10.6. The Morgan fingerprint density at radius 3 is 2.54 bits per heavy atom. The number of nitrogens with two attached hydrogens (primary N) is 1. The van der Waals surface area contributed by atoms with Crippen molar-refractivity contribution in [1.29, 1.82) is 0 Å². The molecule has 0 unspecified atom stereocenters. The first-order valence-electron chi connectivity index (χ1n) is 6.58. The zero-order chi connectivity index (χ0) is 18.0. The van der Waals surface area contributed by atoms with Crippen LogP contribution in [-0.4, -0.2) is 43.2 Å². The quantitative estimate of drug-likeness (QED) is 0.568. The molecule has 0 spiro atoms. The van der Waals surface area contributed by atoms with Crippen LogP contribution in [0.5, 0.6) is 0 Å². The summed E-state index contributed by atoms with van der Waals surface area (Å²) in [4.78, 5) is 61.3. The number of imidazole rings is 1. The minimum Gasteiger partial charge on any atom is -0.454 e. The van der Waals surface area contributed by atoms with Gasteiger partial charge in [-0.05, 0) is 0 Å². The molecule has 3 N–H and O–H groups in total. The highest BCUT2D eigenvalue weighted by atomic mass is 16.5. The van der Waals surface area contributed by atoms with Gasteiger partial charge in [0.05, 0.1) is 6.33 Å². The van der Waals surface area contributed by atoms with Crippen LogP contribution < -0.4 is 22.3 Å². The number of ether oxygens (including phenoxy) is 1. The van der Waals surface area contributed by atoms with Crippen LogP contribution in [0.4, 0.5) is 4.79 Å². The van der Waals surface area contributed by atoms with Gasteiger partial charge in [0.2, 0.25) is 0 Å². The zero-order valence-electron chi connectivity index (χ0n) is 12.8. The van der Waals surface area contributed by atoms with E-state index in [2.05, 4.69) is 9.72 Å². The van der Waals surface area contributed by atoms with Gasteiger partial charge in [0.1, 0.15) is 6.54 Å². The average Bonchev–Trinajstić information content (AvgIpc) is 2.92. The number of aromatic nitrogens is 4. The number of hydrogen-bond acceptors (Lipinski definition) is 7. The van der Waals surface area contributed by atoms with Gasteiger partial charge in [-0.3, -0.25) is 28.8 Å². The number of nitrogens with zero attached hydrogens (tertiary/aromatic N) is 4. The monoisotopic (exact) mass is 338 g/mol. The van der Waals surface area contributed by atoms with Crippen LogP contribution in [0.3, 0.4) is 0 Å². The lowest BCUT2D eigenvalue weighted by Gasteiger charge is -2.07. The molecule has 0 aliphatic rings. The van der Waals surface area contributed by atoms with Gasteiger partial charge in [0.15, 0.2) is 17.8 Å². The predicted octanol–water partition coefficient (Wildman–Crippen LogP) is -2.83. The summed E-state index contributed by atoms with van der Waals surface area (Å²) in [7, 11) is 2.74. The molecule has 0 saturated heterocycles. The molecule has 0 atom stereocenters. The Balaban J connectivity index is 2.21. The Bertz CT molecular complexity index is 951. The van der Waals surface area contributed by atoms with E-state index in [0.717, 1.165) is 4.57 Å². The molecule has 0 saturated carbocycles. The number of hydrogen-bond donors (Lipinski definition) is 2. The average molecular weight is 338 g/mol. The van der Waals surface area contributed by atoms with Gasteiger partial charge in [-0.15, -0.1) is 0 Å². The molecule has 2 heterocycles. The summed E-state index contributed by atoms with van der Waals surface area (Å²) >= 11 is 0. The maximum absolute atomic E-state index is 12.2. The maximum Gasteiger partial charge on any atom is 0.332 e. The molecule has 128 valence electrons. The topological polar surface area (TPSA) is 160 Å². The fraction of sp³-hybridized carbons (Fsp3) is 0.333. The summed E-state index contributed by atoms with van der Waals surface area (Å²) in [5, 5.41) is 1.73. The molecule has 0 bridgehead atoms. The second-order valence-electron chi connectivity index (χ2n) is 4.82. The highest BCUT2D eigenvalue weighted by molar-refractivity contribution is 5.94. The Morgan fingerprint density at radius 1 is 1.25 bits per heavy atom. The van der Waals surface area contributed by atoms with E-state index in [1.54, 1.807) is 5.32 Å². The molecule has 3 amide bonds. The molecule has 12 nitrogen and oxygen atoms in total. The number of aryl methyl sites for hydroxylation is 1. The van der Waals surface area contributed by atoms with Gasteiger partial charge in [-0.25, -0.2) is 14.6 Å². The summed E-state index contributed by atoms with van der Waals surface area (Å²) in [5.41, 5.74) is 3.72. The minimum atomic E-state index is -1.07. The van der Waals surface area contributed by atoms with Gasteiger partial charge in [0, 0.05) is 14.1 Å². The third-order valence-electron chi connectivity index (χ3n) is 3.14. The smallest absolute Gasteiger partial charge is 0.332 e. The Labute approximate surface area is 133 Å². The molecule has 2 aromatic heterocycles. The Morgan fingerprint density at radius 2 is 1.92 bits per heavy atom. The number of fused-ring (bicyclic) bond motifs is 1. The summed E-state index contributed by atoms with van der Waals surface area (Å²) < 4.78 is 7.91. The predicted molar refractivity (Wildman–Crippen MR) is 78.9 cm³/mol. The van der Waals surface area contributed by atoms with Crippen LogP contribution in [0, 0.1) is 0 Å². The van der Waals surface area contributed by atoms with Gasteiger partial charge < -0.3 is 15.0 Å². The molecule has 0 aromatic carbocycles. The first kappa shape index (κ1) is 16.9. The number of primary amides is 1. The van der Waals surface area contributed by atoms with Crippen molar-refractivity contribution >= 4 is 29.1 Å². The fourth-order valence-corrected chi connectivity index (χ4v) is 2.02. The standard InChI is InChI=1S/C12H14N6O6/c1-16-9-8(10(21)17(2)12(16)23)18(5-14-9)3-7(20)24-4-6(19)15-11(13)22/h5H,3-4H2,1-2H3,(H3,13,15,19,22). The summed E-state index contributed by atoms with van der Waals surface area (Å²) in [6.45, 7) is -1.11. The SMILES string of the molecule is Cn1c(=O)c2c(ncn2CC(=O)OCC(=O)NC(N)=O)n(C)c1=O. The lowest BCUT2D eigenvalue weighted by Crippen LogP contribution is -2.38. The summed E-state index contributed by atoms with van der Waals surface area (Å²) in [5.74, 6) is -1.73. The third kappa shape index (κ3) is 3.16. The number of carbonyl (C=O) groups excluding carboxylic acids is 3. The number of urea groups is 1. The first-order chi connectivity index (χ1) is 11.2. The summed E-state index contributed by atoms with van der Waals surface area (Å²) in [6, 6.07) is -1.07. The van der Waals surface area contributed by atoms with Crippen LogP contribution in [0.15, 0.2) is 15.9 Å². The van der Waals surface area contributed by atoms with E-state index in [4.69, 9.17) is 5.73 Å². The Kier molecular flexibility index (Phi) is 4.48. The van der Waals surface area contributed by atoms with Crippen molar-refractivity contribution in [2.45, 2.75) is 6.54 Å². The van der Waals surface area contributed by atoms with Gasteiger partial charge in [-0.1, -0.05) is 0 Å². The van der Waals surface area contributed by atoms with E-state index in [1.807, 2.05) is 0 Å². The second kappa shape index (κ2) is 6.36. The number of amides is 3. The molecule has 0 aliphatic carbocycles. The number of imide groups is 1. The van der Waals surface area contributed by atoms with Crippen LogP contribution in [0.2, 0.25) is 0 Å². The molecule has 2 rings (SSSR count). The minimum absolute atomic E-state index is 0.0399. The molecule has 24 heavy (non-hydrogen) atoms. The van der Waals surface area contributed by atoms with Gasteiger partial charge >= 0.3 is 17.7 Å². The van der Waals surface area contributed by atoms with Crippen LogP contribution in [0.25, 0.3) is 11.2 Å². The highest BCUT2D eigenvalue weighted by Crippen LogP contribution is 2.05. The molecular weight excluding hydrogens is 324 g/mol. The van der Waals surface area contributed by atoms with E-state index < -0.39 is 42.3 Å². The van der Waals surface area contributed by atoms with Crippen LogP contribution in [0.1, 0.15) is 0 Å². The number of carbonyl (C=O) groups is 3. The lowest BCUT2D eigenvalue weighted by atomic mass is 10.5. The molecule has 12 heteroatoms. The highest BCUT2D eigenvalue weighted by Gasteiger charge is 2.17. The van der Waals surface area contributed by atoms with Crippen molar-refractivity contribution in [2.24, 2.45) is 19.8 Å². The van der Waals surface area contributed by atoms with E-state index in [1.165, 1.54) is 29.6 Å². The second-order valence-corrected chi connectivity index (χ2v) is 4.82. The third-order valence-corrected chi connectivity index (χ3v) is 3.14. The van der Waals surface area contributed by atoms with E-state index in [0.29, 0.717) is 0 Å². The number of nitrogens with one attached hydrogen (secondary N) is 1. The van der Waals surface area contributed by atoms with E-state index in [-0.39, 0.29) is 11.2 Å². The number of rotatable bonds is 4. The lowest BCUT2D eigenvalue weighted by molar-refractivity contribution is -0.148. The molecule has 0 aliphatic heterocycles. The van der Waals surface area contributed by atoms with Crippen molar-refractivity contribution in [3.63, 3.8) is 0 Å². The largest absolute Gasteiger partial charge is 0.454 e. The number of esters is 1. The van der Waals surface area contributed by atoms with E-state index >= 15 is 0 Å². The molecule has 0 fully saturated rings. The molecule has 0 radical (unpaired) electrons. The zero-order valence-corrected chi connectivity index (χ0v) is 12.8. The van der Waals surface area contributed by atoms with Crippen molar-refractivity contribution < 1.29 is 19.1 Å². The van der Waals surface area contributed by atoms with Gasteiger partial charge in [0.25, 0.3) is 11.5 Å². The van der Waals surface area contributed by atoms with Crippen molar-refractivity contribution in [2.75, 3.05) is 6.61 Å². The van der Waals surface area contributed by atoms with Crippen LogP contribution in [-0.2, 0) is 35.0 Å². The fourth-order valence-electron chi connectivity index (χ4n) is 2.02. The maximum atomic E-state index is 12.2. The van der Waals surface area contributed by atoms with Crippen molar-refractivity contribution in [1.82, 2.24) is 24.0 Å². The Hall–Kier alpha value is -3.44. The summed E-state index contributed by atoms with van der Waals surface area (Å²) in [6.07, 6.45) is 1.20. The molecular formula is C12H14N6O6. The molecule has 2 aromatic rings. The van der Waals surface area contributed by atoms with Gasteiger partial charge in [-0.2, -0.15) is 0 Å².